The molecule has 1 aliphatic carbocycles. The number of hydrogen-bond acceptors (Lipinski definition) is 2. The first-order valence-electron chi connectivity index (χ1n) is 9.95. The largest absolute Gasteiger partial charge is 0.330 e. The standard InChI is InChI=1S/C23H30Cl2N2/c1-17-3-2-4-20(11-17)15-27(14-19-7-5-18(13-26)6-8-19)16-21-9-10-22(24)23(25)12-21/h2-4,9-12,18-19H,5-8,13-16,26H2,1H3. The zero-order chi connectivity index (χ0) is 19.2. The molecule has 1 fully saturated rings. The van der Waals surface area contributed by atoms with E-state index >= 15 is 0 Å². The molecule has 2 aromatic rings. The van der Waals surface area contributed by atoms with Crippen LogP contribution in [0.25, 0.3) is 0 Å². The summed E-state index contributed by atoms with van der Waals surface area (Å²) < 4.78 is 0. The Labute approximate surface area is 173 Å². The van der Waals surface area contributed by atoms with Gasteiger partial charge in [0.05, 0.1) is 10.0 Å². The number of hydrogen-bond donors (Lipinski definition) is 1. The summed E-state index contributed by atoms with van der Waals surface area (Å²) in [6.45, 7) is 5.95. The van der Waals surface area contributed by atoms with Crippen molar-refractivity contribution in [3.63, 3.8) is 0 Å². The first kappa shape index (κ1) is 20.7. The second kappa shape index (κ2) is 9.93. The fraction of sp³-hybridized carbons (Fsp3) is 0.478. The summed E-state index contributed by atoms with van der Waals surface area (Å²) in [6, 6.07) is 14.8. The summed E-state index contributed by atoms with van der Waals surface area (Å²) in [5.74, 6) is 1.47. The maximum atomic E-state index is 6.24. The molecule has 0 saturated heterocycles. The third-order valence-corrected chi connectivity index (χ3v) is 6.43. The molecule has 2 N–H and O–H groups in total. The molecular weight excluding hydrogens is 375 g/mol. The van der Waals surface area contributed by atoms with E-state index in [1.807, 2.05) is 12.1 Å². The van der Waals surface area contributed by atoms with E-state index in [0.717, 1.165) is 38.0 Å². The molecule has 0 spiro atoms. The number of nitrogens with two attached hydrogens (primary N) is 1. The Morgan fingerprint density at radius 3 is 2.19 bits per heavy atom. The zero-order valence-corrected chi connectivity index (χ0v) is 17.6. The molecule has 0 radical (unpaired) electrons. The molecule has 1 aliphatic rings. The second-order valence-electron chi connectivity index (χ2n) is 8.03. The maximum Gasteiger partial charge on any atom is 0.0595 e. The smallest absolute Gasteiger partial charge is 0.0595 e. The van der Waals surface area contributed by atoms with Crippen molar-refractivity contribution in [1.29, 1.82) is 0 Å². The number of nitrogens with zero attached hydrogens (tertiary/aromatic N) is 1. The van der Waals surface area contributed by atoms with Crippen molar-refractivity contribution in [3.05, 3.63) is 69.2 Å². The van der Waals surface area contributed by atoms with Gasteiger partial charge >= 0.3 is 0 Å². The summed E-state index contributed by atoms with van der Waals surface area (Å²) in [4.78, 5) is 2.56. The molecule has 4 heteroatoms. The molecule has 2 aromatic carbocycles. The molecule has 1 saturated carbocycles. The first-order valence-corrected chi connectivity index (χ1v) is 10.7. The van der Waals surface area contributed by atoms with Crippen molar-refractivity contribution in [2.45, 2.75) is 45.7 Å². The lowest BCUT2D eigenvalue weighted by Crippen LogP contribution is -2.32. The molecule has 0 bridgehead atoms. The Balaban J connectivity index is 1.70. The SMILES string of the molecule is Cc1cccc(CN(Cc2ccc(Cl)c(Cl)c2)CC2CCC(CN)CC2)c1. The van der Waals surface area contributed by atoms with E-state index in [4.69, 9.17) is 28.9 Å². The van der Waals surface area contributed by atoms with E-state index in [9.17, 15) is 0 Å². The topological polar surface area (TPSA) is 29.3 Å². The van der Waals surface area contributed by atoms with Crippen molar-refractivity contribution < 1.29 is 0 Å². The normalized spacial score (nSPS) is 20.2. The highest BCUT2D eigenvalue weighted by molar-refractivity contribution is 6.42. The maximum absolute atomic E-state index is 6.24. The summed E-state index contributed by atoms with van der Waals surface area (Å²) in [5, 5.41) is 1.25. The van der Waals surface area contributed by atoms with Gasteiger partial charge in [-0.15, -0.1) is 0 Å². The van der Waals surface area contributed by atoms with Gasteiger partial charge in [0.1, 0.15) is 0 Å². The molecule has 0 aromatic heterocycles. The Bertz CT molecular complexity index is 739. The third kappa shape index (κ3) is 6.22. The van der Waals surface area contributed by atoms with Gasteiger partial charge in [-0.05, 0) is 74.2 Å². The van der Waals surface area contributed by atoms with E-state index in [1.54, 1.807) is 0 Å². The van der Waals surface area contributed by atoms with Gasteiger partial charge in [0, 0.05) is 19.6 Å². The van der Waals surface area contributed by atoms with Crippen molar-refractivity contribution in [2.24, 2.45) is 17.6 Å². The summed E-state index contributed by atoms with van der Waals surface area (Å²) in [5.41, 5.74) is 9.75. The Morgan fingerprint density at radius 1 is 0.889 bits per heavy atom. The van der Waals surface area contributed by atoms with Crippen LogP contribution in [0.2, 0.25) is 10.0 Å². The fourth-order valence-corrected chi connectivity index (χ4v) is 4.49. The fourth-order valence-electron chi connectivity index (χ4n) is 4.16. The highest BCUT2D eigenvalue weighted by Crippen LogP contribution is 2.30. The Morgan fingerprint density at radius 2 is 1.56 bits per heavy atom. The molecule has 146 valence electrons. The Kier molecular flexibility index (Phi) is 7.60. The van der Waals surface area contributed by atoms with Crippen LogP contribution in [0, 0.1) is 18.8 Å². The van der Waals surface area contributed by atoms with E-state index < -0.39 is 0 Å². The van der Waals surface area contributed by atoms with E-state index in [-0.39, 0.29) is 0 Å². The van der Waals surface area contributed by atoms with Gasteiger partial charge in [0.15, 0.2) is 0 Å². The lowest BCUT2D eigenvalue weighted by Gasteiger charge is -2.32. The zero-order valence-electron chi connectivity index (χ0n) is 16.1. The summed E-state index contributed by atoms with van der Waals surface area (Å²) >= 11 is 12.3. The third-order valence-electron chi connectivity index (χ3n) is 5.69. The van der Waals surface area contributed by atoms with Gasteiger partial charge < -0.3 is 5.73 Å². The van der Waals surface area contributed by atoms with Crippen LogP contribution in [0.1, 0.15) is 42.4 Å². The molecule has 27 heavy (non-hydrogen) atoms. The second-order valence-corrected chi connectivity index (χ2v) is 8.84. The van der Waals surface area contributed by atoms with Gasteiger partial charge in [-0.25, -0.2) is 0 Å². The van der Waals surface area contributed by atoms with Crippen LogP contribution in [0.4, 0.5) is 0 Å². The van der Waals surface area contributed by atoms with Gasteiger partial charge in [-0.3, -0.25) is 4.90 Å². The average Bonchev–Trinajstić information content (AvgIpc) is 2.65. The van der Waals surface area contributed by atoms with Gasteiger partial charge in [-0.1, -0.05) is 59.1 Å². The average molecular weight is 405 g/mol. The predicted octanol–water partition coefficient (Wildman–Crippen LogP) is 6.07. The van der Waals surface area contributed by atoms with Crippen LogP contribution >= 0.6 is 23.2 Å². The van der Waals surface area contributed by atoms with Gasteiger partial charge in [0.25, 0.3) is 0 Å². The first-order chi connectivity index (χ1) is 13.0. The van der Waals surface area contributed by atoms with Crippen LogP contribution in [-0.2, 0) is 13.1 Å². The minimum atomic E-state index is 0.616. The van der Waals surface area contributed by atoms with Crippen LogP contribution in [0.5, 0.6) is 0 Å². The van der Waals surface area contributed by atoms with Gasteiger partial charge in [-0.2, -0.15) is 0 Å². The molecule has 0 unspecified atom stereocenters. The molecule has 3 rings (SSSR count). The molecular formula is C23H30Cl2N2. The van der Waals surface area contributed by atoms with Gasteiger partial charge in [0.2, 0.25) is 0 Å². The monoisotopic (exact) mass is 404 g/mol. The van der Waals surface area contributed by atoms with Crippen molar-refractivity contribution in [2.75, 3.05) is 13.1 Å². The van der Waals surface area contributed by atoms with Crippen molar-refractivity contribution in [1.82, 2.24) is 4.90 Å². The van der Waals surface area contributed by atoms with E-state index in [2.05, 4.69) is 42.2 Å². The highest BCUT2D eigenvalue weighted by atomic mass is 35.5. The quantitative estimate of drug-likeness (QED) is 0.606. The Hall–Kier alpha value is -1.06. The predicted molar refractivity (Wildman–Crippen MR) is 116 cm³/mol. The van der Waals surface area contributed by atoms with E-state index in [0.29, 0.717) is 10.0 Å². The van der Waals surface area contributed by atoms with Crippen LogP contribution in [-0.4, -0.2) is 18.0 Å². The molecule has 0 aliphatic heterocycles. The molecule has 0 amide bonds. The van der Waals surface area contributed by atoms with Crippen LogP contribution < -0.4 is 5.73 Å². The molecule has 2 nitrogen and oxygen atoms in total. The summed E-state index contributed by atoms with van der Waals surface area (Å²) in [7, 11) is 0. The lowest BCUT2D eigenvalue weighted by atomic mass is 9.82. The molecule has 0 atom stereocenters. The number of aryl methyl sites for hydroxylation is 1. The van der Waals surface area contributed by atoms with E-state index in [1.165, 1.54) is 42.4 Å². The summed E-state index contributed by atoms with van der Waals surface area (Å²) in [6.07, 6.45) is 5.11. The highest BCUT2D eigenvalue weighted by Gasteiger charge is 2.22. The molecule has 0 heterocycles. The van der Waals surface area contributed by atoms with Crippen molar-refractivity contribution in [3.8, 4) is 0 Å². The minimum absolute atomic E-state index is 0.616. The lowest BCUT2D eigenvalue weighted by molar-refractivity contribution is 0.170. The van der Waals surface area contributed by atoms with Crippen LogP contribution in [0.15, 0.2) is 42.5 Å². The number of rotatable bonds is 7. The van der Waals surface area contributed by atoms with Crippen LogP contribution in [0.3, 0.4) is 0 Å². The number of benzene rings is 2. The minimum Gasteiger partial charge on any atom is -0.330 e. The van der Waals surface area contributed by atoms with Crippen molar-refractivity contribution >= 4 is 23.2 Å². The number of halogens is 2.